The number of ketones is 1. The molecule has 3 aromatic carbocycles. The molecular formula is C27H24ClNO5. The van der Waals surface area contributed by atoms with Crippen molar-refractivity contribution in [2.45, 2.75) is 26.8 Å². The maximum atomic E-state index is 13.3. The molecule has 174 valence electrons. The van der Waals surface area contributed by atoms with E-state index in [9.17, 15) is 19.8 Å². The number of Topliss-reactive ketones (excluding diaryl/α,β-unsaturated/α-hetero) is 1. The number of hydrogen-bond donors (Lipinski definition) is 2. The predicted octanol–water partition coefficient (Wildman–Crippen LogP) is 5.69. The molecule has 7 heteroatoms. The fourth-order valence-electron chi connectivity index (χ4n) is 4.20. The molecule has 34 heavy (non-hydrogen) atoms. The zero-order chi connectivity index (χ0) is 24.6. The van der Waals surface area contributed by atoms with Gasteiger partial charge in [0.15, 0.2) is 0 Å². The van der Waals surface area contributed by atoms with Crippen LogP contribution in [0.3, 0.4) is 0 Å². The maximum absolute atomic E-state index is 13.3. The molecule has 1 amide bonds. The molecule has 0 saturated carbocycles. The highest BCUT2D eigenvalue weighted by molar-refractivity contribution is 6.51. The molecule has 1 heterocycles. The van der Waals surface area contributed by atoms with Gasteiger partial charge in [0.2, 0.25) is 0 Å². The summed E-state index contributed by atoms with van der Waals surface area (Å²) in [5.74, 6) is -1.47. The zero-order valence-corrected chi connectivity index (χ0v) is 19.8. The van der Waals surface area contributed by atoms with Gasteiger partial charge in [-0.2, -0.15) is 0 Å². The summed E-state index contributed by atoms with van der Waals surface area (Å²) in [7, 11) is 0. The van der Waals surface area contributed by atoms with Crippen LogP contribution in [0.4, 0.5) is 5.69 Å². The molecule has 0 bridgehead atoms. The molecule has 2 N–H and O–H groups in total. The Morgan fingerprint density at radius 2 is 1.74 bits per heavy atom. The Kier molecular flexibility index (Phi) is 6.35. The zero-order valence-electron chi connectivity index (χ0n) is 19.0. The summed E-state index contributed by atoms with van der Waals surface area (Å²) in [6.45, 7) is 5.99. The predicted molar refractivity (Wildman–Crippen MR) is 131 cm³/mol. The number of rotatable bonds is 5. The Hall–Kier alpha value is -3.77. The number of aryl methyl sites for hydroxylation is 2. The van der Waals surface area contributed by atoms with Gasteiger partial charge in [0.05, 0.1) is 23.2 Å². The molecule has 0 aromatic heterocycles. The summed E-state index contributed by atoms with van der Waals surface area (Å²) in [6, 6.07) is 15.6. The van der Waals surface area contributed by atoms with E-state index in [1.54, 1.807) is 36.4 Å². The molecule has 0 spiro atoms. The largest absolute Gasteiger partial charge is 0.508 e. The highest BCUT2D eigenvalue weighted by atomic mass is 35.5. The molecule has 1 aliphatic heterocycles. The van der Waals surface area contributed by atoms with Crippen molar-refractivity contribution in [2.75, 3.05) is 11.5 Å². The lowest BCUT2D eigenvalue weighted by molar-refractivity contribution is -0.132. The molecule has 1 aliphatic rings. The third kappa shape index (κ3) is 4.13. The summed E-state index contributed by atoms with van der Waals surface area (Å²) in [5.41, 5.74) is 3.21. The van der Waals surface area contributed by atoms with Gasteiger partial charge in [-0.05, 0) is 68.3 Å². The number of carbonyl (C=O) groups excluding carboxylic acids is 2. The average molecular weight is 478 g/mol. The molecule has 3 aromatic rings. The first-order chi connectivity index (χ1) is 16.2. The molecule has 1 unspecified atom stereocenters. The van der Waals surface area contributed by atoms with Crippen LogP contribution < -0.4 is 9.64 Å². The fourth-order valence-corrected chi connectivity index (χ4v) is 4.37. The number of halogens is 1. The van der Waals surface area contributed by atoms with Gasteiger partial charge < -0.3 is 14.9 Å². The van der Waals surface area contributed by atoms with E-state index in [1.807, 2.05) is 32.9 Å². The Bertz CT molecular complexity index is 1310. The Morgan fingerprint density at radius 3 is 2.38 bits per heavy atom. The average Bonchev–Trinajstić information content (AvgIpc) is 3.06. The van der Waals surface area contributed by atoms with Crippen molar-refractivity contribution >= 4 is 34.7 Å². The lowest BCUT2D eigenvalue weighted by Crippen LogP contribution is -2.30. The summed E-state index contributed by atoms with van der Waals surface area (Å²) in [6.07, 6.45) is 0. The number of phenolic OH excluding ortho intramolecular Hbond substituents is 1. The standard InChI is InChI=1S/C27H24ClNO5/c1-4-34-22-14-18(8-11-20(22)28)25(31)23-24(17-6-9-19(30)10-7-17)29(27(33)26(23)32)21-12-5-15(2)13-16(21)3/h5-14,24,30-31H,4H2,1-3H3/b25-23+. The summed E-state index contributed by atoms with van der Waals surface area (Å²) < 4.78 is 5.52. The van der Waals surface area contributed by atoms with Gasteiger partial charge in [-0.3, -0.25) is 14.5 Å². The third-order valence-corrected chi connectivity index (χ3v) is 6.08. The number of phenols is 1. The lowest BCUT2D eigenvalue weighted by atomic mass is 9.94. The van der Waals surface area contributed by atoms with Crippen LogP contribution >= 0.6 is 11.6 Å². The van der Waals surface area contributed by atoms with Crippen LogP contribution in [-0.4, -0.2) is 28.5 Å². The molecule has 1 saturated heterocycles. The lowest BCUT2D eigenvalue weighted by Gasteiger charge is -2.27. The van der Waals surface area contributed by atoms with E-state index in [0.29, 0.717) is 34.2 Å². The van der Waals surface area contributed by atoms with E-state index in [4.69, 9.17) is 16.3 Å². The number of benzene rings is 3. The van der Waals surface area contributed by atoms with Crippen LogP contribution in [-0.2, 0) is 9.59 Å². The van der Waals surface area contributed by atoms with Crippen molar-refractivity contribution in [1.82, 2.24) is 0 Å². The third-order valence-electron chi connectivity index (χ3n) is 5.77. The Morgan fingerprint density at radius 1 is 1.03 bits per heavy atom. The quantitative estimate of drug-likeness (QED) is 0.280. The van der Waals surface area contributed by atoms with Crippen molar-refractivity contribution in [3.05, 3.63) is 93.5 Å². The second-order valence-electron chi connectivity index (χ2n) is 8.13. The van der Waals surface area contributed by atoms with Crippen molar-refractivity contribution in [1.29, 1.82) is 0 Å². The van der Waals surface area contributed by atoms with Crippen LogP contribution in [0.1, 0.15) is 35.2 Å². The number of anilines is 1. The first-order valence-electron chi connectivity index (χ1n) is 10.8. The van der Waals surface area contributed by atoms with Crippen molar-refractivity contribution in [3.8, 4) is 11.5 Å². The monoisotopic (exact) mass is 477 g/mol. The van der Waals surface area contributed by atoms with Gasteiger partial charge in [-0.15, -0.1) is 0 Å². The SMILES string of the molecule is CCOc1cc(/C(O)=C2\C(=O)C(=O)N(c3ccc(C)cc3C)C2c2ccc(O)cc2)ccc1Cl. The van der Waals surface area contributed by atoms with E-state index in [2.05, 4.69) is 0 Å². The Balaban J connectivity index is 1.95. The van der Waals surface area contributed by atoms with Gasteiger partial charge in [0.1, 0.15) is 17.3 Å². The van der Waals surface area contributed by atoms with E-state index in [-0.39, 0.29) is 17.1 Å². The minimum absolute atomic E-state index is 0.0475. The molecule has 1 fully saturated rings. The summed E-state index contributed by atoms with van der Waals surface area (Å²) in [5, 5.41) is 21.4. The van der Waals surface area contributed by atoms with Gasteiger partial charge in [0.25, 0.3) is 11.7 Å². The van der Waals surface area contributed by atoms with Crippen LogP contribution in [0.2, 0.25) is 5.02 Å². The summed E-state index contributed by atoms with van der Waals surface area (Å²) >= 11 is 6.19. The van der Waals surface area contributed by atoms with Crippen LogP contribution in [0.25, 0.3) is 5.76 Å². The van der Waals surface area contributed by atoms with E-state index >= 15 is 0 Å². The minimum Gasteiger partial charge on any atom is -0.508 e. The number of amides is 1. The molecule has 1 atom stereocenters. The second-order valence-corrected chi connectivity index (χ2v) is 8.54. The van der Waals surface area contributed by atoms with Crippen LogP contribution in [0.5, 0.6) is 11.5 Å². The number of aliphatic hydroxyl groups is 1. The van der Waals surface area contributed by atoms with Crippen LogP contribution in [0, 0.1) is 13.8 Å². The number of nitrogens with zero attached hydrogens (tertiary/aromatic N) is 1. The van der Waals surface area contributed by atoms with Crippen molar-refractivity contribution < 1.29 is 24.5 Å². The minimum atomic E-state index is -0.895. The second kappa shape index (κ2) is 9.23. The van der Waals surface area contributed by atoms with Gasteiger partial charge in [-0.25, -0.2) is 0 Å². The van der Waals surface area contributed by atoms with Gasteiger partial charge in [-0.1, -0.05) is 41.4 Å². The maximum Gasteiger partial charge on any atom is 0.300 e. The molecule has 0 radical (unpaired) electrons. The normalized spacial score (nSPS) is 17.3. The summed E-state index contributed by atoms with van der Waals surface area (Å²) in [4.78, 5) is 28.0. The highest BCUT2D eigenvalue weighted by Gasteiger charge is 2.47. The van der Waals surface area contributed by atoms with Crippen LogP contribution in [0.15, 0.2) is 66.2 Å². The molecule has 0 aliphatic carbocycles. The van der Waals surface area contributed by atoms with Gasteiger partial charge in [0, 0.05) is 11.3 Å². The first kappa shape index (κ1) is 23.4. The number of aromatic hydroxyl groups is 1. The topological polar surface area (TPSA) is 87.1 Å². The van der Waals surface area contributed by atoms with E-state index in [1.165, 1.54) is 17.0 Å². The number of aliphatic hydroxyl groups excluding tert-OH is 1. The molecular weight excluding hydrogens is 454 g/mol. The molecule has 4 rings (SSSR count). The number of hydrogen-bond acceptors (Lipinski definition) is 5. The first-order valence-corrected chi connectivity index (χ1v) is 11.2. The van der Waals surface area contributed by atoms with E-state index < -0.39 is 17.7 Å². The van der Waals surface area contributed by atoms with Crippen molar-refractivity contribution in [3.63, 3.8) is 0 Å². The highest BCUT2D eigenvalue weighted by Crippen LogP contribution is 2.44. The van der Waals surface area contributed by atoms with Gasteiger partial charge >= 0.3 is 0 Å². The number of ether oxygens (including phenoxy) is 1. The fraction of sp³-hybridized carbons (Fsp3) is 0.185. The van der Waals surface area contributed by atoms with Crippen molar-refractivity contribution in [2.24, 2.45) is 0 Å². The molecule has 6 nitrogen and oxygen atoms in total. The number of carbonyl (C=O) groups is 2. The smallest absolute Gasteiger partial charge is 0.300 e. The Labute approximate surface area is 202 Å². The van der Waals surface area contributed by atoms with E-state index in [0.717, 1.165) is 11.1 Å².